The molecule has 1 fully saturated rings. The molecule has 0 saturated carbocycles. The minimum atomic E-state index is -0.807. The molecule has 11 nitrogen and oxygen atoms in total. The van der Waals surface area contributed by atoms with E-state index in [1.807, 2.05) is 19.3 Å². The highest BCUT2D eigenvalue weighted by Crippen LogP contribution is 2.38. The molecule has 0 bridgehead atoms. The number of esters is 1. The first kappa shape index (κ1) is 23.4. The fourth-order valence-electron chi connectivity index (χ4n) is 4.53. The Morgan fingerprint density at radius 3 is 2.50 bits per heavy atom. The molecular formula is C23H29N7O4. The van der Waals surface area contributed by atoms with Gasteiger partial charge >= 0.3 is 5.97 Å². The van der Waals surface area contributed by atoms with E-state index in [9.17, 15) is 14.9 Å². The van der Waals surface area contributed by atoms with E-state index in [1.54, 1.807) is 42.9 Å². The number of hydrogen-bond donors (Lipinski definition) is 1. The second-order valence-corrected chi connectivity index (χ2v) is 8.42. The predicted molar refractivity (Wildman–Crippen MR) is 125 cm³/mol. The number of anilines is 1. The van der Waals surface area contributed by atoms with Gasteiger partial charge in [-0.3, -0.25) is 15.0 Å². The van der Waals surface area contributed by atoms with E-state index in [-0.39, 0.29) is 17.9 Å². The minimum Gasteiger partial charge on any atom is -0.461 e. The van der Waals surface area contributed by atoms with Gasteiger partial charge in [0, 0.05) is 69.8 Å². The van der Waals surface area contributed by atoms with Crippen LogP contribution >= 0.6 is 0 Å². The molecule has 0 aromatic carbocycles. The van der Waals surface area contributed by atoms with E-state index in [1.165, 1.54) is 0 Å². The van der Waals surface area contributed by atoms with Gasteiger partial charge in [0.25, 0.3) is 5.70 Å². The number of carbonyl (C=O) groups excluding carboxylic acids is 1. The molecule has 1 saturated heterocycles. The van der Waals surface area contributed by atoms with Gasteiger partial charge in [0.1, 0.15) is 12.5 Å². The highest BCUT2D eigenvalue weighted by molar-refractivity contribution is 5.92. The standard InChI is InChI=1S/C23H29N7O4/c1-16-19(20(18-6-4-9-27(18)3)21(30(32)33)17(2)26-16)22(31)34-15-14-28-10-12-29(13-11-28)23-24-7-5-8-25-23/h4-9,20,26H,10-15H2,1-3H3. The highest BCUT2D eigenvalue weighted by atomic mass is 16.6. The summed E-state index contributed by atoms with van der Waals surface area (Å²) in [5, 5.41) is 14.9. The number of allylic oxidation sites excluding steroid dienone is 3. The first-order valence-electron chi connectivity index (χ1n) is 11.2. The topological polar surface area (TPSA) is 119 Å². The van der Waals surface area contributed by atoms with Crippen molar-refractivity contribution in [3.05, 3.63) is 75.3 Å². The smallest absolute Gasteiger partial charge is 0.337 e. The van der Waals surface area contributed by atoms with Crippen LogP contribution in [0, 0.1) is 10.1 Å². The number of hydrogen-bond acceptors (Lipinski definition) is 9. The third-order valence-electron chi connectivity index (χ3n) is 6.27. The van der Waals surface area contributed by atoms with Crippen molar-refractivity contribution < 1.29 is 14.5 Å². The Morgan fingerprint density at radius 2 is 1.88 bits per heavy atom. The first-order valence-corrected chi connectivity index (χ1v) is 11.2. The molecule has 1 unspecified atom stereocenters. The summed E-state index contributed by atoms with van der Waals surface area (Å²) in [6.07, 6.45) is 5.27. The summed E-state index contributed by atoms with van der Waals surface area (Å²) >= 11 is 0. The summed E-state index contributed by atoms with van der Waals surface area (Å²) in [6.45, 7) is 7.37. The van der Waals surface area contributed by atoms with Crippen LogP contribution in [0.4, 0.5) is 5.95 Å². The molecule has 11 heteroatoms. The predicted octanol–water partition coefficient (Wildman–Crippen LogP) is 1.65. The summed E-state index contributed by atoms with van der Waals surface area (Å²) in [5.74, 6) is -0.630. The first-order chi connectivity index (χ1) is 16.4. The number of aryl methyl sites for hydroxylation is 1. The number of rotatable bonds is 7. The van der Waals surface area contributed by atoms with E-state index in [4.69, 9.17) is 4.74 Å². The van der Waals surface area contributed by atoms with Crippen molar-refractivity contribution in [1.82, 2.24) is 24.8 Å². The number of nitrogens with zero attached hydrogens (tertiary/aromatic N) is 6. The maximum Gasteiger partial charge on any atom is 0.337 e. The van der Waals surface area contributed by atoms with Gasteiger partial charge in [-0.25, -0.2) is 14.8 Å². The average molecular weight is 468 g/mol. The number of aromatic nitrogens is 3. The van der Waals surface area contributed by atoms with Crippen molar-refractivity contribution >= 4 is 11.9 Å². The monoisotopic (exact) mass is 467 g/mol. The lowest BCUT2D eigenvalue weighted by Gasteiger charge is -2.34. The van der Waals surface area contributed by atoms with E-state index >= 15 is 0 Å². The van der Waals surface area contributed by atoms with Crippen LogP contribution in [0.1, 0.15) is 25.5 Å². The number of dihydropyridines is 1. The van der Waals surface area contributed by atoms with Crippen LogP contribution in [-0.2, 0) is 16.6 Å². The van der Waals surface area contributed by atoms with Crippen molar-refractivity contribution in [1.29, 1.82) is 0 Å². The summed E-state index contributed by atoms with van der Waals surface area (Å²) < 4.78 is 7.42. The lowest BCUT2D eigenvalue weighted by Crippen LogP contribution is -2.48. The largest absolute Gasteiger partial charge is 0.461 e. The van der Waals surface area contributed by atoms with Crippen molar-refractivity contribution in [3.8, 4) is 0 Å². The molecule has 2 aromatic heterocycles. The maximum absolute atomic E-state index is 13.2. The molecule has 4 rings (SSSR count). The van der Waals surface area contributed by atoms with Crippen molar-refractivity contribution in [2.45, 2.75) is 19.8 Å². The summed E-state index contributed by atoms with van der Waals surface area (Å²) in [7, 11) is 1.81. The Hall–Kier alpha value is -3.73. The van der Waals surface area contributed by atoms with Crippen LogP contribution in [0.5, 0.6) is 0 Å². The molecule has 0 spiro atoms. The molecule has 2 aliphatic rings. The van der Waals surface area contributed by atoms with Gasteiger partial charge in [0.05, 0.1) is 16.2 Å². The second-order valence-electron chi connectivity index (χ2n) is 8.42. The van der Waals surface area contributed by atoms with Gasteiger partial charge in [0.2, 0.25) is 5.95 Å². The van der Waals surface area contributed by atoms with Crippen LogP contribution in [0.15, 0.2) is 59.5 Å². The molecule has 1 N–H and O–H groups in total. The molecule has 4 heterocycles. The Labute approximate surface area is 197 Å². The Kier molecular flexibility index (Phi) is 6.92. The molecular weight excluding hydrogens is 438 g/mol. The van der Waals surface area contributed by atoms with Crippen LogP contribution in [0.25, 0.3) is 0 Å². The van der Waals surface area contributed by atoms with Crippen LogP contribution < -0.4 is 10.2 Å². The fourth-order valence-corrected chi connectivity index (χ4v) is 4.53. The van der Waals surface area contributed by atoms with Gasteiger partial charge < -0.3 is 19.5 Å². The molecule has 1 atom stereocenters. The zero-order valence-corrected chi connectivity index (χ0v) is 19.6. The van der Waals surface area contributed by atoms with Crippen LogP contribution in [0.2, 0.25) is 0 Å². The van der Waals surface area contributed by atoms with E-state index in [0.717, 1.165) is 32.1 Å². The normalized spacial score (nSPS) is 19.3. The number of ether oxygens (including phenoxy) is 1. The van der Waals surface area contributed by atoms with Crippen molar-refractivity contribution in [3.63, 3.8) is 0 Å². The third kappa shape index (κ3) is 4.79. The van der Waals surface area contributed by atoms with Gasteiger partial charge in [-0.1, -0.05) is 0 Å². The second kappa shape index (κ2) is 10.0. The molecule has 2 aliphatic heterocycles. The number of nitro groups is 1. The number of carbonyl (C=O) groups is 1. The van der Waals surface area contributed by atoms with Gasteiger partial charge in [-0.05, 0) is 32.0 Å². The third-order valence-corrected chi connectivity index (χ3v) is 6.27. The van der Waals surface area contributed by atoms with Crippen molar-refractivity contribution in [2.24, 2.45) is 7.05 Å². The zero-order chi connectivity index (χ0) is 24.2. The Bertz CT molecular complexity index is 1120. The van der Waals surface area contributed by atoms with E-state index < -0.39 is 16.8 Å². The van der Waals surface area contributed by atoms with E-state index in [0.29, 0.717) is 23.6 Å². The summed E-state index contributed by atoms with van der Waals surface area (Å²) in [4.78, 5) is 37.6. The molecule has 0 aliphatic carbocycles. The molecule has 0 amide bonds. The summed E-state index contributed by atoms with van der Waals surface area (Å²) in [5.41, 5.74) is 1.88. The lowest BCUT2D eigenvalue weighted by atomic mass is 9.87. The molecule has 2 aromatic rings. The molecule has 0 radical (unpaired) electrons. The molecule has 34 heavy (non-hydrogen) atoms. The summed E-state index contributed by atoms with van der Waals surface area (Å²) in [6, 6.07) is 5.40. The zero-order valence-electron chi connectivity index (χ0n) is 19.6. The SMILES string of the molecule is CC1=C(C(=O)OCCN2CCN(c3ncccn3)CC2)C(c2cccn2C)C([N+](=O)[O-])=C(C)N1. The van der Waals surface area contributed by atoms with E-state index in [2.05, 4.69) is 25.1 Å². The maximum atomic E-state index is 13.2. The molecule has 180 valence electrons. The van der Waals surface area contributed by atoms with Gasteiger partial charge in [-0.2, -0.15) is 0 Å². The van der Waals surface area contributed by atoms with Gasteiger partial charge in [0.15, 0.2) is 0 Å². The van der Waals surface area contributed by atoms with Gasteiger partial charge in [-0.15, -0.1) is 0 Å². The highest BCUT2D eigenvalue weighted by Gasteiger charge is 2.42. The number of piperazine rings is 1. The fraction of sp³-hybridized carbons (Fsp3) is 0.435. The Balaban J connectivity index is 1.39. The van der Waals surface area contributed by atoms with Crippen molar-refractivity contribution in [2.75, 3.05) is 44.2 Å². The van der Waals surface area contributed by atoms with Crippen LogP contribution in [0.3, 0.4) is 0 Å². The number of nitrogens with one attached hydrogen (secondary N) is 1. The average Bonchev–Trinajstić information content (AvgIpc) is 3.24. The minimum absolute atomic E-state index is 0.0430. The van der Waals surface area contributed by atoms with Crippen LogP contribution in [-0.4, -0.2) is 69.7 Å². The lowest BCUT2D eigenvalue weighted by molar-refractivity contribution is -0.431. The Morgan fingerprint density at radius 1 is 1.18 bits per heavy atom. The quantitative estimate of drug-likeness (QED) is 0.368.